The van der Waals surface area contributed by atoms with Gasteiger partial charge in [0, 0.05) is 21.0 Å². The van der Waals surface area contributed by atoms with Crippen molar-refractivity contribution in [2.24, 2.45) is 0 Å². The molecule has 2 nitrogen and oxygen atoms in total. The molecule has 4 heteroatoms. The van der Waals surface area contributed by atoms with Crippen molar-refractivity contribution in [1.82, 2.24) is 0 Å². The molecule has 108 valence electrons. The van der Waals surface area contributed by atoms with Gasteiger partial charge in [0.2, 0.25) is 0 Å². The monoisotopic (exact) mass is 327 g/mol. The molecule has 0 saturated carbocycles. The normalized spacial score (nSPS) is 10.4. The van der Waals surface area contributed by atoms with Crippen molar-refractivity contribution in [1.29, 1.82) is 5.26 Å². The van der Waals surface area contributed by atoms with Crippen molar-refractivity contribution in [3.63, 3.8) is 0 Å². The van der Waals surface area contributed by atoms with Gasteiger partial charge in [0.25, 0.3) is 0 Å². The maximum absolute atomic E-state index is 9.44. The van der Waals surface area contributed by atoms with E-state index < -0.39 is 0 Å². The zero-order chi connectivity index (χ0) is 15.5. The zero-order valence-corrected chi connectivity index (χ0v) is 13.0. The van der Waals surface area contributed by atoms with Crippen molar-refractivity contribution in [3.8, 4) is 11.8 Å². The highest BCUT2D eigenvalue weighted by atomic mass is 35.5. The number of ether oxygens (including phenoxy) is 1. The predicted molar refractivity (Wildman–Crippen MR) is 89.5 cm³/mol. The van der Waals surface area contributed by atoms with Crippen LogP contribution in [-0.4, -0.2) is 0 Å². The van der Waals surface area contributed by atoms with Gasteiger partial charge in [-0.25, -0.2) is 0 Å². The summed E-state index contributed by atoms with van der Waals surface area (Å²) in [6.07, 6.45) is 0. The topological polar surface area (TPSA) is 33.0 Å². The number of benzene rings is 3. The Morgan fingerprint density at radius 2 is 1.64 bits per heavy atom. The van der Waals surface area contributed by atoms with Crippen molar-refractivity contribution >= 4 is 34.0 Å². The van der Waals surface area contributed by atoms with Crippen LogP contribution in [0.15, 0.2) is 54.6 Å². The fraction of sp³-hybridized carbons (Fsp3) is 0.0556. The molecule has 0 N–H and O–H groups in total. The fourth-order valence-electron chi connectivity index (χ4n) is 2.31. The second-order valence-corrected chi connectivity index (χ2v) is 5.57. The summed E-state index contributed by atoms with van der Waals surface area (Å²) in [5.74, 6) is 0.525. The van der Waals surface area contributed by atoms with E-state index in [1.807, 2.05) is 30.3 Å². The third kappa shape index (κ3) is 2.74. The molecular formula is C18H11Cl2NO. The van der Waals surface area contributed by atoms with Gasteiger partial charge in [0.1, 0.15) is 24.0 Å². The largest absolute Gasteiger partial charge is 0.487 e. The summed E-state index contributed by atoms with van der Waals surface area (Å²) in [4.78, 5) is 0. The van der Waals surface area contributed by atoms with E-state index in [-0.39, 0.29) is 6.61 Å². The maximum Gasteiger partial charge on any atom is 0.138 e. The molecule has 0 fully saturated rings. The second kappa shape index (κ2) is 6.27. The molecule has 3 aromatic carbocycles. The first kappa shape index (κ1) is 14.7. The van der Waals surface area contributed by atoms with Crippen LogP contribution in [0, 0.1) is 11.3 Å². The maximum atomic E-state index is 9.44. The Labute approximate surface area is 138 Å². The van der Waals surface area contributed by atoms with E-state index in [0.717, 1.165) is 10.8 Å². The van der Waals surface area contributed by atoms with Crippen LogP contribution < -0.4 is 4.74 Å². The number of nitriles is 1. The summed E-state index contributed by atoms with van der Waals surface area (Å²) in [7, 11) is 0. The average molecular weight is 328 g/mol. The van der Waals surface area contributed by atoms with E-state index in [4.69, 9.17) is 27.9 Å². The van der Waals surface area contributed by atoms with Crippen LogP contribution in [0.3, 0.4) is 0 Å². The van der Waals surface area contributed by atoms with Crippen LogP contribution in [0.5, 0.6) is 5.75 Å². The summed E-state index contributed by atoms with van der Waals surface area (Å²) in [6.45, 7) is 0.214. The Balaban J connectivity index is 1.96. The lowest BCUT2D eigenvalue weighted by Gasteiger charge is -2.12. The Kier molecular flexibility index (Phi) is 4.20. The van der Waals surface area contributed by atoms with E-state index in [9.17, 15) is 5.26 Å². The molecule has 0 aliphatic heterocycles. The molecule has 0 aliphatic carbocycles. The van der Waals surface area contributed by atoms with E-state index in [1.54, 1.807) is 24.3 Å². The van der Waals surface area contributed by atoms with E-state index in [0.29, 0.717) is 26.9 Å². The average Bonchev–Trinajstić information content (AvgIpc) is 2.54. The van der Waals surface area contributed by atoms with Crippen LogP contribution in [0.2, 0.25) is 10.0 Å². The highest BCUT2D eigenvalue weighted by Crippen LogP contribution is 2.30. The third-order valence-electron chi connectivity index (χ3n) is 3.44. The molecule has 0 aliphatic rings. The first-order chi connectivity index (χ1) is 10.7. The summed E-state index contributed by atoms with van der Waals surface area (Å²) in [5, 5.41) is 12.4. The third-order valence-corrected chi connectivity index (χ3v) is 4.14. The van der Waals surface area contributed by atoms with Crippen molar-refractivity contribution in [2.75, 3.05) is 0 Å². The molecule has 0 saturated heterocycles. The number of hydrogen-bond donors (Lipinski definition) is 0. The Bertz CT molecular complexity index is 864. The van der Waals surface area contributed by atoms with E-state index in [1.165, 1.54) is 0 Å². The van der Waals surface area contributed by atoms with Crippen LogP contribution in [-0.2, 0) is 6.61 Å². The second-order valence-electron chi connectivity index (χ2n) is 4.76. The fourth-order valence-corrected chi connectivity index (χ4v) is 2.81. The molecule has 0 amide bonds. The Morgan fingerprint density at radius 1 is 0.909 bits per heavy atom. The lowest BCUT2D eigenvalue weighted by molar-refractivity contribution is 0.306. The van der Waals surface area contributed by atoms with Gasteiger partial charge < -0.3 is 4.74 Å². The number of nitrogens with zero attached hydrogens (tertiary/aromatic N) is 1. The molecule has 3 aromatic rings. The Morgan fingerprint density at radius 3 is 2.36 bits per heavy atom. The van der Waals surface area contributed by atoms with Gasteiger partial charge in [-0.3, -0.25) is 0 Å². The van der Waals surface area contributed by atoms with Crippen molar-refractivity contribution < 1.29 is 4.74 Å². The highest BCUT2D eigenvalue weighted by Gasteiger charge is 2.11. The molecule has 0 bridgehead atoms. The summed E-state index contributed by atoms with van der Waals surface area (Å²) in [5.41, 5.74) is 1.23. The summed E-state index contributed by atoms with van der Waals surface area (Å²) < 4.78 is 5.79. The van der Waals surface area contributed by atoms with Crippen molar-refractivity contribution in [3.05, 3.63) is 75.8 Å². The minimum atomic E-state index is 0.214. The number of halogens is 2. The lowest BCUT2D eigenvalue weighted by Crippen LogP contribution is -1.99. The molecule has 0 atom stereocenters. The van der Waals surface area contributed by atoms with E-state index in [2.05, 4.69) is 6.07 Å². The quantitative estimate of drug-likeness (QED) is 0.627. The van der Waals surface area contributed by atoms with Gasteiger partial charge in [0.05, 0.1) is 0 Å². The van der Waals surface area contributed by atoms with Gasteiger partial charge in [-0.05, 0) is 23.6 Å². The summed E-state index contributed by atoms with van der Waals surface area (Å²) >= 11 is 12.3. The predicted octanol–water partition coefficient (Wildman–Crippen LogP) is 5.60. The van der Waals surface area contributed by atoms with Gasteiger partial charge in [-0.2, -0.15) is 5.26 Å². The van der Waals surface area contributed by atoms with Gasteiger partial charge in [0.15, 0.2) is 0 Å². The van der Waals surface area contributed by atoms with Crippen molar-refractivity contribution in [2.45, 2.75) is 6.61 Å². The van der Waals surface area contributed by atoms with E-state index >= 15 is 0 Å². The number of hydrogen-bond acceptors (Lipinski definition) is 2. The molecule has 0 radical (unpaired) electrons. The molecule has 0 spiro atoms. The molecule has 0 heterocycles. The van der Waals surface area contributed by atoms with Crippen LogP contribution in [0.4, 0.5) is 0 Å². The highest BCUT2D eigenvalue weighted by molar-refractivity contribution is 6.35. The smallest absolute Gasteiger partial charge is 0.138 e. The minimum Gasteiger partial charge on any atom is -0.487 e. The standard InChI is InChI=1S/C18H11Cl2NO/c19-16-6-3-7-17(20)15(16)11-22-18-9-8-12-4-1-2-5-13(12)14(18)10-21/h1-9H,11H2. The first-order valence-electron chi connectivity index (χ1n) is 6.68. The number of fused-ring (bicyclic) bond motifs is 1. The van der Waals surface area contributed by atoms with Crippen LogP contribution >= 0.6 is 23.2 Å². The van der Waals surface area contributed by atoms with Gasteiger partial charge in [-0.1, -0.05) is 59.6 Å². The summed E-state index contributed by atoms with van der Waals surface area (Å²) in [6, 6.07) is 19.0. The molecule has 22 heavy (non-hydrogen) atoms. The zero-order valence-electron chi connectivity index (χ0n) is 11.5. The van der Waals surface area contributed by atoms with Gasteiger partial charge in [-0.15, -0.1) is 0 Å². The molecular weight excluding hydrogens is 317 g/mol. The number of rotatable bonds is 3. The van der Waals surface area contributed by atoms with Crippen LogP contribution in [0.1, 0.15) is 11.1 Å². The minimum absolute atomic E-state index is 0.214. The first-order valence-corrected chi connectivity index (χ1v) is 7.44. The van der Waals surface area contributed by atoms with Gasteiger partial charge >= 0.3 is 0 Å². The van der Waals surface area contributed by atoms with Crippen LogP contribution in [0.25, 0.3) is 10.8 Å². The molecule has 0 unspecified atom stereocenters. The molecule has 3 rings (SSSR count). The SMILES string of the molecule is N#Cc1c(OCc2c(Cl)cccc2Cl)ccc2ccccc12. The Hall–Kier alpha value is -2.21. The lowest BCUT2D eigenvalue weighted by atomic mass is 10.0. The molecule has 0 aromatic heterocycles.